The molecule has 0 saturated carbocycles. The number of carboxylic acid groups (broad SMARTS) is 3. The van der Waals surface area contributed by atoms with E-state index < -0.39 is 35.7 Å². The van der Waals surface area contributed by atoms with E-state index in [2.05, 4.69) is 4.90 Å². The molecule has 0 aromatic heterocycles. The summed E-state index contributed by atoms with van der Waals surface area (Å²) in [5.41, 5.74) is 16.1. The number of rotatable bonds is 14. The zero-order valence-electron chi connectivity index (χ0n) is 16.3. The zero-order valence-corrected chi connectivity index (χ0v) is 16.3. The van der Waals surface area contributed by atoms with Gasteiger partial charge in [-0.2, -0.15) is 0 Å². The summed E-state index contributed by atoms with van der Waals surface area (Å²) in [6.07, 6.45) is 0.258. The fourth-order valence-electron chi connectivity index (χ4n) is 2.49. The van der Waals surface area contributed by atoms with Crippen LogP contribution in [0.25, 0.3) is 0 Å². The second-order valence-electron chi connectivity index (χ2n) is 6.40. The minimum Gasteiger partial charge on any atom is -0.481 e. The van der Waals surface area contributed by atoms with Crippen LogP contribution in [0, 0.1) is 17.8 Å². The molecule has 0 amide bonds. The summed E-state index contributed by atoms with van der Waals surface area (Å²) in [6, 6.07) is 0. The first-order valence-electron chi connectivity index (χ1n) is 9.15. The maximum Gasteiger partial charge on any atom is 0.306 e. The summed E-state index contributed by atoms with van der Waals surface area (Å²) in [7, 11) is 0. The number of nitrogens with two attached hydrogens (primary N) is 3. The predicted molar refractivity (Wildman–Crippen MR) is 102 cm³/mol. The molecule has 0 radical (unpaired) electrons. The fourth-order valence-corrected chi connectivity index (χ4v) is 2.49. The molecule has 3 atom stereocenters. The van der Waals surface area contributed by atoms with Gasteiger partial charge in [-0.1, -0.05) is 13.8 Å². The van der Waals surface area contributed by atoms with E-state index in [1.54, 1.807) is 6.92 Å². The number of hydrogen-bond donors (Lipinski definition) is 6. The van der Waals surface area contributed by atoms with E-state index in [0.717, 1.165) is 19.6 Å². The van der Waals surface area contributed by atoms with Crippen molar-refractivity contribution >= 4 is 17.9 Å². The van der Waals surface area contributed by atoms with Gasteiger partial charge in [0.25, 0.3) is 0 Å². The molecule has 0 rings (SSSR count). The molecule has 0 saturated heterocycles. The van der Waals surface area contributed by atoms with Crippen molar-refractivity contribution in [3.63, 3.8) is 0 Å². The lowest BCUT2D eigenvalue weighted by atomic mass is 9.86. The summed E-state index contributed by atoms with van der Waals surface area (Å²) in [5, 5.41) is 26.5. The van der Waals surface area contributed by atoms with E-state index >= 15 is 0 Å². The van der Waals surface area contributed by atoms with Crippen LogP contribution in [0.15, 0.2) is 0 Å². The van der Waals surface area contributed by atoms with Crippen LogP contribution in [0.2, 0.25) is 0 Å². The minimum atomic E-state index is -1.14. The molecule has 160 valence electrons. The third-order valence-corrected chi connectivity index (χ3v) is 4.16. The van der Waals surface area contributed by atoms with Crippen molar-refractivity contribution in [2.45, 2.75) is 33.1 Å². The van der Waals surface area contributed by atoms with Crippen LogP contribution < -0.4 is 17.2 Å². The van der Waals surface area contributed by atoms with Gasteiger partial charge in [0, 0.05) is 39.3 Å². The van der Waals surface area contributed by atoms with Crippen molar-refractivity contribution in [3.8, 4) is 0 Å². The lowest BCUT2D eigenvalue weighted by molar-refractivity contribution is -0.147. The van der Waals surface area contributed by atoms with E-state index in [4.69, 9.17) is 32.5 Å². The maximum atomic E-state index is 10.9. The molecule has 0 aromatic rings. The summed E-state index contributed by atoms with van der Waals surface area (Å²) < 4.78 is 0. The van der Waals surface area contributed by atoms with Crippen molar-refractivity contribution in [2.75, 3.05) is 39.3 Å². The summed E-state index contributed by atoms with van der Waals surface area (Å²) >= 11 is 0. The zero-order chi connectivity index (χ0) is 21.4. The van der Waals surface area contributed by atoms with Gasteiger partial charge in [-0.3, -0.25) is 19.3 Å². The Bertz CT molecular complexity index is 421. The Labute approximate surface area is 160 Å². The standard InChI is InChI=1S/C11H18O6.C6H18N4/c1-3-7(10(14)15)5-8(11(16)17)4-6(2)9(12)13;7-1-4-10(5-2-8)6-3-9/h6-8H,3-5H2,1-2H3,(H,12,13)(H,14,15)(H,16,17);1-9H2. The molecule has 0 aliphatic rings. The molecule has 10 heteroatoms. The van der Waals surface area contributed by atoms with E-state index in [-0.39, 0.29) is 12.8 Å². The van der Waals surface area contributed by atoms with E-state index in [0.29, 0.717) is 26.1 Å². The van der Waals surface area contributed by atoms with Gasteiger partial charge < -0.3 is 32.5 Å². The van der Waals surface area contributed by atoms with Crippen LogP contribution in [0.1, 0.15) is 33.1 Å². The smallest absolute Gasteiger partial charge is 0.306 e. The number of hydrogen-bond acceptors (Lipinski definition) is 7. The molecule has 27 heavy (non-hydrogen) atoms. The average Bonchev–Trinajstić information content (AvgIpc) is 2.59. The Morgan fingerprint density at radius 2 is 1.19 bits per heavy atom. The van der Waals surface area contributed by atoms with Crippen molar-refractivity contribution < 1.29 is 29.7 Å². The molecule has 3 unspecified atom stereocenters. The molecule has 10 nitrogen and oxygen atoms in total. The van der Waals surface area contributed by atoms with E-state index in [1.165, 1.54) is 6.92 Å². The van der Waals surface area contributed by atoms with Crippen LogP contribution in [0.4, 0.5) is 0 Å². The van der Waals surface area contributed by atoms with Crippen molar-refractivity contribution in [1.29, 1.82) is 0 Å². The molecular weight excluding hydrogens is 356 g/mol. The molecule has 0 aliphatic heterocycles. The van der Waals surface area contributed by atoms with Gasteiger partial charge in [0.1, 0.15) is 0 Å². The SMILES string of the molecule is CCC(CC(CC(C)C(=O)O)C(=O)O)C(=O)O.NCCN(CCN)CCN. The van der Waals surface area contributed by atoms with Crippen LogP contribution in [-0.2, 0) is 14.4 Å². The minimum absolute atomic E-state index is 0.0290. The summed E-state index contributed by atoms with van der Waals surface area (Å²) in [4.78, 5) is 34.5. The molecular formula is C17H36N4O6. The normalized spacial score (nSPS) is 14.0. The highest BCUT2D eigenvalue weighted by atomic mass is 16.4. The number of nitrogens with zero attached hydrogens (tertiary/aromatic N) is 1. The lowest BCUT2D eigenvalue weighted by Crippen LogP contribution is -2.37. The topological polar surface area (TPSA) is 193 Å². The first-order valence-corrected chi connectivity index (χ1v) is 9.15. The third kappa shape index (κ3) is 14.0. The Kier molecular flexibility index (Phi) is 16.7. The molecule has 0 fully saturated rings. The second-order valence-corrected chi connectivity index (χ2v) is 6.40. The quantitative estimate of drug-likeness (QED) is 0.223. The first-order chi connectivity index (χ1) is 12.6. The van der Waals surface area contributed by atoms with Gasteiger partial charge in [-0.25, -0.2) is 0 Å². The highest BCUT2D eigenvalue weighted by Gasteiger charge is 2.28. The van der Waals surface area contributed by atoms with Gasteiger partial charge in [-0.15, -0.1) is 0 Å². The van der Waals surface area contributed by atoms with Gasteiger partial charge in [-0.05, 0) is 19.3 Å². The maximum absolute atomic E-state index is 10.9. The molecule has 9 N–H and O–H groups in total. The summed E-state index contributed by atoms with van der Waals surface area (Å²) in [6.45, 7) is 7.81. The first kappa shape index (κ1) is 27.5. The van der Waals surface area contributed by atoms with Crippen molar-refractivity contribution in [1.82, 2.24) is 4.90 Å². The Morgan fingerprint density at radius 1 is 0.778 bits per heavy atom. The number of carboxylic acids is 3. The monoisotopic (exact) mass is 392 g/mol. The highest BCUT2D eigenvalue weighted by molar-refractivity contribution is 5.75. The highest BCUT2D eigenvalue weighted by Crippen LogP contribution is 2.23. The van der Waals surface area contributed by atoms with Crippen LogP contribution >= 0.6 is 0 Å². The second kappa shape index (κ2) is 16.4. The van der Waals surface area contributed by atoms with Gasteiger partial charge in [0.2, 0.25) is 0 Å². The lowest BCUT2D eigenvalue weighted by Gasteiger charge is -2.18. The van der Waals surface area contributed by atoms with Gasteiger partial charge in [0.05, 0.1) is 17.8 Å². The Balaban J connectivity index is 0. The Hall–Kier alpha value is -1.75. The fraction of sp³-hybridized carbons (Fsp3) is 0.824. The molecule has 0 spiro atoms. The molecule has 0 heterocycles. The summed E-state index contributed by atoms with van der Waals surface area (Å²) in [5.74, 6) is -5.71. The van der Waals surface area contributed by atoms with Crippen LogP contribution in [0.3, 0.4) is 0 Å². The molecule has 0 bridgehead atoms. The van der Waals surface area contributed by atoms with E-state index in [9.17, 15) is 14.4 Å². The van der Waals surface area contributed by atoms with Crippen molar-refractivity contribution in [3.05, 3.63) is 0 Å². The third-order valence-electron chi connectivity index (χ3n) is 4.16. The number of carbonyl (C=O) groups is 3. The van der Waals surface area contributed by atoms with Gasteiger partial charge >= 0.3 is 17.9 Å². The Morgan fingerprint density at radius 3 is 1.44 bits per heavy atom. The number of aliphatic carboxylic acids is 3. The average molecular weight is 392 g/mol. The predicted octanol–water partition coefficient (Wildman–Crippen LogP) is -0.537. The van der Waals surface area contributed by atoms with Crippen LogP contribution in [-0.4, -0.2) is 77.4 Å². The molecule has 0 aliphatic carbocycles. The van der Waals surface area contributed by atoms with Crippen LogP contribution in [0.5, 0.6) is 0 Å². The largest absolute Gasteiger partial charge is 0.481 e. The van der Waals surface area contributed by atoms with Gasteiger partial charge in [0.15, 0.2) is 0 Å². The molecule has 0 aromatic carbocycles. The van der Waals surface area contributed by atoms with E-state index in [1.807, 2.05) is 0 Å². The van der Waals surface area contributed by atoms with Crippen molar-refractivity contribution in [2.24, 2.45) is 35.0 Å².